The Morgan fingerprint density at radius 1 is 1.19 bits per heavy atom. The first-order valence-corrected chi connectivity index (χ1v) is 7.07. The molecule has 0 aromatic heterocycles. The normalized spacial score (nSPS) is 11.2. The van der Waals surface area contributed by atoms with E-state index < -0.39 is 23.8 Å². The molecule has 116 valence electrons. The molecule has 0 aliphatic heterocycles. The Hall–Kier alpha value is -1.70. The Morgan fingerprint density at radius 3 is 2.48 bits per heavy atom. The third-order valence-corrected chi connectivity index (χ3v) is 3.49. The molecule has 0 bridgehead atoms. The van der Waals surface area contributed by atoms with Crippen molar-refractivity contribution in [2.45, 2.75) is 30.3 Å². The smallest absolute Gasteiger partial charge is 0.398 e. The van der Waals surface area contributed by atoms with Gasteiger partial charge in [0.25, 0.3) is 0 Å². The fourth-order valence-corrected chi connectivity index (χ4v) is 2.24. The minimum Gasteiger partial charge on any atom is -0.481 e. The van der Waals surface area contributed by atoms with Gasteiger partial charge in [0.2, 0.25) is 5.91 Å². The van der Waals surface area contributed by atoms with E-state index in [0.29, 0.717) is 22.3 Å². The van der Waals surface area contributed by atoms with E-state index in [4.69, 9.17) is 5.11 Å². The van der Waals surface area contributed by atoms with Crippen molar-refractivity contribution in [1.82, 2.24) is 0 Å². The molecule has 0 unspecified atom stereocenters. The van der Waals surface area contributed by atoms with E-state index in [1.807, 2.05) is 0 Å². The number of anilines is 1. The largest absolute Gasteiger partial charge is 0.481 e. The Kier molecular flexibility index (Phi) is 6.54. The van der Waals surface area contributed by atoms with Crippen molar-refractivity contribution in [3.05, 3.63) is 24.3 Å². The molecule has 0 spiro atoms. The van der Waals surface area contributed by atoms with Crippen molar-refractivity contribution < 1.29 is 27.9 Å². The molecule has 0 radical (unpaired) electrons. The number of carbonyl (C=O) groups is 2. The van der Waals surface area contributed by atoms with Crippen LogP contribution in [-0.4, -0.2) is 28.9 Å². The third kappa shape index (κ3) is 7.60. The summed E-state index contributed by atoms with van der Waals surface area (Å²) >= 11 is 0.591. The standard InChI is InChI=1S/C13H14F3NO3S/c14-13(15,16)8-21-10-5-2-1-4-9(10)17-11(18)6-3-7-12(19)20/h1-2,4-5H,3,6-8H2,(H,17,18)(H,19,20). The highest BCUT2D eigenvalue weighted by Crippen LogP contribution is 2.32. The molecule has 1 amide bonds. The molecule has 1 aromatic carbocycles. The third-order valence-electron chi connectivity index (χ3n) is 2.35. The van der Waals surface area contributed by atoms with Crippen LogP contribution in [0.3, 0.4) is 0 Å². The maximum atomic E-state index is 12.2. The summed E-state index contributed by atoms with van der Waals surface area (Å²) in [5, 5.41) is 11.0. The van der Waals surface area contributed by atoms with Gasteiger partial charge in [-0.05, 0) is 18.6 Å². The van der Waals surface area contributed by atoms with Gasteiger partial charge in [-0.3, -0.25) is 9.59 Å². The number of amides is 1. The maximum Gasteiger partial charge on any atom is 0.398 e. The first kappa shape index (κ1) is 17.4. The van der Waals surface area contributed by atoms with E-state index in [0.717, 1.165) is 0 Å². The van der Waals surface area contributed by atoms with Gasteiger partial charge in [-0.15, -0.1) is 11.8 Å². The highest BCUT2D eigenvalue weighted by Gasteiger charge is 2.27. The van der Waals surface area contributed by atoms with E-state index in [2.05, 4.69) is 5.32 Å². The minimum atomic E-state index is -4.29. The van der Waals surface area contributed by atoms with Gasteiger partial charge in [0.15, 0.2) is 0 Å². The molecule has 4 nitrogen and oxygen atoms in total. The van der Waals surface area contributed by atoms with Gasteiger partial charge in [-0.1, -0.05) is 12.1 Å². The Labute approximate surface area is 123 Å². The summed E-state index contributed by atoms with van der Waals surface area (Å²) in [5.74, 6) is -2.46. The van der Waals surface area contributed by atoms with Crippen molar-refractivity contribution >= 4 is 29.3 Å². The van der Waals surface area contributed by atoms with Crippen LogP contribution in [0.5, 0.6) is 0 Å². The van der Waals surface area contributed by atoms with Gasteiger partial charge in [0.05, 0.1) is 11.4 Å². The van der Waals surface area contributed by atoms with Crippen LogP contribution in [0.1, 0.15) is 19.3 Å². The van der Waals surface area contributed by atoms with Gasteiger partial charge < -0.3 is 10.4 Å². The lowest BCUT2D eigenvalue weighted by molar-refractivity contribution is -0.137. The zero-order valence-electron chi connectivity index (χ0n) is 10.9. The minimum absolute atomic E-state index is 0.00454. The SMILES string of the molecule is O=C(O)CCCC(=O)Nc1ccccc1SCC(F)(F)F. The number of hydrogen-bond acceptors (Lipinski definition) is 3. The van der Waals surface area contributed by atoms with Gasteiger partial charge in [0.1, 0.15) is 0 Å². The fraction of sp³-hybridized carbons (Fsp3) is 0.385. The summed E-state index contributed by atoms with van der Waals surface area (Å²) in [6.07, 6.45) is -4.23. The number of carboxylic acid groups (broad SMARTS) is 1. The zero-order chi connectivity index (χ0) is 15.9. The predicted molar refractivity (Wildman–Crippen MR) is 73.3 cm³/mol. The summed E-state index contributed by atoms with van der Waals surface area (Å²) in [7, 11) is 0. The number of carboxylic acids is 1. The first-order chi connectivity index (χ1) is 9.78. The fourth-order valence-electron chi connectivity index (χ4n) is 1.47. The lowest BCUT2D eigenvalue weighted by Crippen LogP contribution is -2.14. The van der Waals surface area contributed by atoms with E-state index in [1.54, 1.807) is 12.1 Å². The molecule has 8 heteroatoms. The number of carbonyl (C=O) groups excluding carboxylic acids is 1. The van der Waals surface area contributed by atoms with Crippen LogP contribution in [0.25, 0.3) is 0 Å². The van der Waals surface area contributed by atoms with Crippen LogP contribution in [0, 0.1) is 0 Å². The molecular weight excluding hydrogens is 307 g/mol. The maximum absolute atomic E-state index is 12.2. The second-order valence-electron chi connectivity index (χ2n) is 4.20. The van der Waals surface area contributed by atoms with Crippen LogP contribution >= 0.6 is 11.8 Å². The summed E-state index contributed by atoms with van der Waals surface area (Å²) in [6.45, 7) is 0. The van der Waals surface area contributed by atoms with E-state index in [9.17, 15) is 22.8 Å². The number of thioether (sulfide) groups is 1. The number of rotatable bonds is 7. The van der Waals surface area contributed by atoms with E-state index in [-0.39, 0.29) is 19.3 Å². The second-order valence-corrected chi connectivity index (χ2v) is 5.21. The van der Waals surface area contributed by atoms with Crippen molar-refractivity contribution in [3.8, 4) is 0 Å². The Balaban J connectivity index is 2.58. The van der Waals surface area contributed by atoms with Gasteiger partial charge in [-0.2, -0.15) is 13.2 Å². The molecule has 1 aromatic rings. The van der Waals surface area contributed by atoms with Crippen LogP contribution in [-0.2, 0) is 9.59 Å². The second kappa shape index (κ2) is 7.92. The average Bonchev–Trinajstić information content (AvgIpc) is 2.36. The van der Waals surface area contributed by atoms with Gasteiger partial charge in [0, 0.05) is 17.7 Å². The van der Waals surface area contributed by atoms with Crippen LogP contribution in [0.4, 0.5) is 18.9 Å². The zero-order valence-corrected chi connectivity index (χ0v) is 11.8. The van der Waals surface area contributed by atoms with Gasteiger partial charge in [-0.25, -0.2) is 0 Å². The summed E-state index contributed by atoms with van der Waals surface area (Å²) < 4.78 is 36.6. The Bertz CT molecular complexity index is 506. The molecule has 21 heavy (non-hydrogen) atoms. The van der Waals surface area contributed by atoms with Crippen LogP contribution in [0.2, 0.25) is 0 Å². The number of nitrogens with one attached hydrogen (secondary N) is 1. The van der Waals surface area contributed by atoms with Gasteiger partial charge >= 0.3 is 12.1 Å². The predicted octanol–water partition coefficient (Wildman–Crippen LogP) is 3.53. The highest BCUT2D eigenvalue weighted by atomic mass is 32.2. The summed E-state index contributed by atoms with van der Waals surface area (Å²) in [5.41, 5.74) is 0.298. The average molecular weight is 321 g/mol. The van der Waals surface area contributed by atoms with Crippen molar-refractivity contribution in [2.24, 2.45) is 0 Å². The number of para-hydroxylation sites is 1. The molecular formula is C13H14F3NO3S. The molecule has 1 rings (SSSR count). The number of alkyl halides is 3. The quantitative estimate of drug-likeness (QED) is 0.754. The molecule has 0 aliphatic carbocycles. The number of benzene rings is 1. The number of aliphatic carboxylic acids is 1. The van der Waals surface area contributed by atoms with E-state index >= 15 is 0 Å². The van der Waals surface area contributed by atoms with Crippen molar-refractivity contribution in [3.63, 3.8) is 0 Å². The lowest BCUT2D eigenvalue weighted by Gasteiger charge is -2.11. The van der Waals surface area contributed by atoms with Crippen LogP contribution < -0.4 is 5.32 Å². The molecule has 0 fully saturated rings. The summed E-state index contributed by atoms with van der Waals surface area (Å²) in [6, 6.07) is 6.18. The highest BCUT2D eigenvalue weighted by molar-refractivity contribution is 7.99. The van der Waals surface area contributed by atoms with Crippen LogP contribution in [0.15, 0.2) is 29.2 Å². The molecule has 2 N–H and O–H groups in total. The molecule has 0 atom stereocenters. The number of halogens is 3. The molecule has 0 aliphatic rings. The number of hydrogen-bond donors (Lipinski definition) is 2. The first-order valence-electron chi connectivity index (χ1n) is 6.08. The van der Waals surface area contributed by atoms with Crippen molar-refractivity contribution in [2.75, 3.05) is 11.1 Å². The molecule has 0 saturated heterocycles. The monoisotopic (exact) mass is 321 g/mol. The lowest BCUT2D eigenvalue weighted by atomic mass is 10.2. The van der Waals surface area contributed by atoms with E-state index in [1.165, 1.54) is 12.1 Å². The van der Waals surface area contributed by atoms with Crippen molar-refractivity contribution in [1.29, 1.82) is 0 Å². The Morgan fingerprint density at radius 2 is 1.86 bits per heavy atom. The topological polar surface area (TPSA) is 66.4 Å². The molecule has 0 saturated carbocycles. The summed E-state index contributed by atoms with van der Waals surface area (Å²) in [4.78, 5) is 22.3. The molecule has 0 heterocycles.